The third-order valence-electron chi connectivity index (χ3n) is 2.64. The smallest absolute Gasteiger partial charge is 0.315 e. The quantitative estimate of drug-likeness (QED) is 0.662. The Morgan fingerprint density at radius 1 is 1.41 bits per heavy atom. The van der Waals surface area contributed by atoms with Gasteiger partial charge in [0.1, 0.15) is 6.10 Å². The molecule has 4 nitrogen and oxygen atoms in total. The summed E-state index contributed by atoms with van der Waals surface area (Å²) in [5.41, 5.74) is -0.438. The molecule has 0 unspecified atom stereocenters. The van der Waals surface area contributed by atoms with Crippen LogP contribution in [0.25, 0.3) is 0 Å². The zero-order chi connectivity index (χ0) is 13.3. The van der Waals surface area contributed by atoms with E-state index >= 15 is 0 Å². The van der Waals surface area contributed by atoms with Crippen LogP contribution < -0.4 is 10.6 Å². The molecule has 1 rings (SSSR count). The van der Waals surface area contributed by atoms with Crippen LogP contribution in [-0.4, -0.2) is 34.7 Å². The number of nitrogens with one attached hydrogen (secondary N) is 2. The van der Waals surface area contributed by atoms with Gasteiger partial charge < -0.3 is 15.7 Å². The Morgan fingerprint density at radius 3 is 2.53 bits per heavy atom. The van der Waals surface area contributed by atoms with Crippen molar-refractivity contribution in [2.24, 2.45) is 0 Å². The molecule has 0 spiro atoms. The Balaban J connectivity index is 2.54. The molecule has 0 bridgehead atoms. The van der Waals surface area contributed by atoms with E-state index in [2.05, 4.69) is 10.6 Å². The zero-order valence-electron chi connectivity index (χ0n) is 10.4. The number of aliphatic hydroxyl groups excluding tert-OH is 1. The Kier molecular flexibility index (Phi) is 3.96. The van der Waals surface area contributed by atoms with Gasteiger partial charge in [-0.25, -0.2) is 13.6 Å². The molecule has 1 aliphatic carbocycles. The number of urea groups is 1. The number of hydrogen-bond acceptors (Lipinski definition) is 2. The first-order valence-corrected chi connectivity index (χ1v) is 5.76. The highest BCUT2D eigenvalue weighted by atomic mass is 19.3. The Hall–Kier alpha value is -0.910. The molecule has 6 heteroatoms. The van der Waals surface area contributed by atoms with E-state index in [9.17, 15) is 18.7 Å². The molecule has 0 aliphatic heterocycles. The molecule has 2 amide bonds. The molecule has 3 N–H and O–H groups in total. The molecule has 0 saturated heterocycles. The van der Waals surface area contributed by atoms with Crippen LogP contribution >= 0.6 is 0 Å². The highest BCUT2D eigenvalue weighted by Crippen LogP contribution is 2.33. The average molecular weight is 250 g/mol. The lowest BCUT2D eigenvalue weighted by Gasteiger charge is -2.35. The van der Waals surface area contributed by atoms with Gasteiger partial charge in [-0.15, -0.1) is 0 Å². The second-order valence-electron chi connectivity index (χ2n) is 5.55. The fraction of sp³-hybridized carbons (Fsp3) is 0.909. The molecule has 0 aromatic rings. The lowest BCUT2D eigenvalue weighted by molar-refractivity contribution is -0.141. The van der Waals surface area contributed by atoms with Gasteiger partial charge in [-0.3, -0.25) is 0 Å². The minimum Gasteiger partial charge on any atom is -0.385 e. The number of carbonyl (C=O) groups excluding carboxylic acids is 1. The summed E-state index contributed by atoms with van der Waals surface area (Å²) in [6.07, 6.45) is -1.46. The second kappa shape index (κ2) is 4.76. The predicted octanol–water partition coefficient (Wildman–Crippen LogP) is 1.63. The predicted molar refractivity (Wildman–Crippen MR) is 60.0 cm³/mol. The van der Waals surface area contributed by atoms with Gasteiger partial charge in [-0.05, 0) is 33.6 Å². The topological polar surface area (TPSA) is 61.4 Å². The molecule has 1 fully saturated rings. The number of carbonyl (C=O) groups is 1. The minimum atomic E-state index is -3.11. The highest BCUT2D eigenvalue weighted by molar-refractivity contribution is 5.75. The monoisotopic (exact) mass is 250 g/mol. The van der Waals surface area contributed by atoms with Crippen LogP contribution in [0, 0.1) is 0 Å². The molecule has 0 aromatic carbocycles. The van der Waals surface area contributed by atoms with Crippen molar-refractivity contribution in [3.8, 4) is 0 Å². The van der Waals surface area contributed by atoms with Gasteiger partial charge in [0.05, 0.1) is 6.04 Å². The van der Waals surface area contributed by atoms with E-state index in [1.807, 2.05) is 0 Å². The van der Waals surface area contributed by atoms with Crippen molar-refractivity contribution in [3.05, 3.63) is 0 Å². The SMILES string of the molecule is CC(C)(C)NC(=O)N[C@@H]1CCCC(F)(F)[C@H]1O. The zero-order valence-corrected chi connectivity index (χ0v) is 10.4. The summed E-state index contributed by atoms with van der Waals surface area (Å²) in [5, 5.41) is 14.5. The van der Waals surface area contributed by atoms with Gasteiger partial charge >= 0.3 is 6.03 Å². The van der Waals surface area contributed by atoms with E-state index in [-0.39, 0.29) is 6.42 Å². The fourth-order valence-electron chi connectivity index (χ4n) is 1.85. The first-order chi connectivity index (χ1) is 7.62. The van der Waals surface area contributed by atoms with Crippen LogP contribution in [0.15, 0.2) is 0 Å². The lowest BCUT2D eigenvalue weighted by atomic mass is 9.89. The standard InChI is InChI=1S/C11H20F2N2O2/c1-10(2,3)15-9(17)14-7-5-4-6-11(12,13)8(7)16/h7-8,16H,4-6H2,1-3H3,(H2,14,15,17)/t7-,8+/m1/s1. The van der Waals surface area contributed by atoms with Crippen molar-refractivity contribution in [3.63, 3.8) is 0 Å². The molecule has 2 atom stereocenters. The van der Waals surface area contributed by atoms with E-state index < -0.39 is 29.6 Å². The molecule has 1 aliphatic rings. The maximum Gasteiger partial charge on any atom is 0.315 e. The molecule has 0 aromatic heterocycles. The third kappa shape index (κ3) is 4.11. The maximum atomic E-state index is 13.2. The van der Waals surface area contributed by atoms with Crippen LogP contribution in [0.4, 0.5) is 13.6 Å². The number of rotatable bonds is 1. The summed E-state index contributed by atoms with van der Waals surface area (Å²) < 4.78 is 26.4. The van der Waals surface area contributed by atoms with Gasteiger partial charge in [-0.1, -0.05) is 0 Å². The first-order valence-electron chi connectivity index (χ1n) is 5.76. The molecular formula is C11H20F2N2O2. The first kappa shape index (κ1) is 14.2. The van der Waals surface area contributed by atoms with Crippen LogP contribution in [0.2, 0.25) is 0 Å². The lowest BCUT2D eigenvalue weighted by Crippen LogP contribution is -2.57. The van der Waals surface area contributed by atoms with Crippen molar-refractivity contribution in [2.45, 2.75) is 63.6 Å². The molecular weight excluding hydrogens is 230 g/mol. The summed E-state index contributed by atoms with van der Waals surface area (Å²) in [4.78, 5) is 11.5. The molecule has 100 valence electrons. The van der Waals surface area contributed by atoms with Gasteiger partial charge in [-0.2, -0.15) is 0 Å². The number of halogens is 2. The Morgan fingerprint density at radius 2 is 2.00 bits per heavy atom. The summed E-state index contributed by atoms with van der Waals surface area (Å²) in [6.45, 7) is 5.37. The van der Waals surface area contributed by atoms with E-state index in [1.54, 1.807) is 20.8 Å². The largest absolute Gasteiger partial charge is 0.385 e. The average Bonchev–Trinajstić information content (AvgIpc) is 2.09. The second-order valence-corrected chi connectivity index (χ2v) is 5.55. The van der Waals surface area contributed by atoms with Gasteiger partial charge in [0, 0.05) is 12.0 Å². The normalized spacial score (nSPS) is 28.6. The van der Waals surface area contributed by atoms with E-state index in [0.29, 0.717) is 12.8 Å². The van der Waals surface area contributed by atoms with Crippen molar-refractivity contribution in [1.82, 2.24) is 10.6 Å². The summed E-state index contributed by atoms with van der Waals surface area (Å²) in [5.74, 6) is -3.11. The van der Waals surface area contributed by atoms with Crippen LogP contribution in [-0.2, 0) is 0 Å². The summed E-state index contributed by atoms with van der Waals surface area (Å²) >= 11 is 0. The number of amides is 2. The number of alkyl halides is 2. The van der Waals surface area contributed by atoms with Gasteiger partial charge in [0.15, 0.2) is 0 Å². The highest BCUT2D eigenvalue weighted by Gasteiger charge is 2.46. The number of aliphatic hydroxyl groups is 1. The Bertz CT molecular complexity index is 290. The van der Waals surface area contributed by atoms with E-state index in [0.717, 1.165) is 0 Å². The third-order valence-corrected chi connectivity index (χ3v) is 2.64. The minimum absolute atomic E-state index is 0.296. The molecule has 1 saturated carbocycles. The van der Waals surface area contributed by atoms with Gasteiger partial charge in [0.25, 0.3) is 5.92 Å². The van der Waals surface area contributed by atoms with Crippen LogP contribution in [0.5, 0.6) is 0 Å². The summed E-state index contributed by atoms with van der Waals surface area (Å²) in [7, 11) is 0. The van der Waals surface area contributed by atoms with Crippen molar-refractivity contribution in [2.75, 3.05) is 0 Å². The van der Waals surface area contributed by atoms with Gasteiger partial charge in [0.2, 0.25) is 0 Å². The van der Waals surface area contributed by atoms with Crippen molar-refractivity contribution >= 4 is 6.03 Å². The van der Waals surface area contributed by atoms with Crippen LogP contribution in [0.1, 0.15) is 40.0 Å². The fourth-order valence-corrected chi connectivity index (χ4v) is 1.85. The van der Waals surface area contributed by atoms with Crippen molar-refractivity contribution in [1.29, 1.82) is 0 Å². The molecule has 0 heterocycles. The molecule has 0 radical (unpaired) electrons. The summed E-state index contributed by atoms with van der Waals surface area (Å²) in [6, 6.07) is -1.42. The molecule has 17 heavy (non-hydrogen) atoms. The van der Waals surface area contributed by atoms with E-state index in [4.69, 9.17) is 0 Å². The Labute approximate surface area is 99.8 Å². The van der Waals surface area contributed by atoms with Crippen molar-refractivity contribution < 1.29 is 18.7 Å². The van der Waals surface area contributed by atoms with E-state index in [1.165, 1.54) is 0 Å². The number of hydrogen-bond donors (Lipinski definition) is 3. The maximum absolute atomic E-state index is 13.2. The van der Waals surface area contributed by atoms with Crippen LogP contribution in [0.3, 0.4) is 0 Å².